The smallest absolute Gasteiger partial charge is 0.186 e. The minimum Gasteiger partial charge on any atom is -0.326 e. The number of benzene rings is 2. The first-order chi connectivity index (χ1) is 8.81. The second-order valence-electron chi connectivity index (χ2n) is 3.97. The zero-order valence-electron chi connectivity index (χ0n) is 10.0. The van der Waals surface area contributed by atoms with Crippen molar-refractivity contribution in [2.24, 2.45) is 5.73 Å². The summed E-state index contributed by atoms with van der Waals surface area (Å²) in [4.78, 5) is 12.1. The fourth-order valence-corrected chi connectivity index (χ4v) is 1.76. The molecule has 0 aromatic heterocycles. The first-order valence-electron chi connectivity index (χ1n) is 5.86. The van der Waals surface area contributed by atoms with Crippen LogP contribution in [-0.4, -0.2) is 12.3 Å². The summed E-state index contributed by atoms with van der Waals surface area (Å²) in [6, 6.07) is 18.9. The lowest BCUT2D eigenvalue weighted by atomic mass is 10.0. The van der Waals surface area contributed by atoms with Gasteiger partial charge < -0.3 is 5.73 Å². The van der Waals surface area contributed by atoms with Crippen LogP contribution < -0.4 is 5.73 Å². The maximum atomic E-state index is 12.1. The van der Waals surface area contributed by atoms with Crippen LogP contribution >= 0.6 is 0 Å². The topological polar surface area (TPSA) is 43.1 Å². The Morgan fingerprint density at radius 1 is 0.889 bits per heavy atom. The van der Waals surface area contributed by atoms with Crippen LogP contribution in [0.5, 0.6) is 0 Å². The van der Waals surface area contributed by atoms with Gasteiger partial charge in [0.05, 0.1) is 0 Å². The number of carbonyl (C=O) groups excluding carboxylic acids is 1. The summed E-state index contributed by atoms with van der Waals surface area (Å²) in [5, 5.41) is 0. The molecule has 18 heavy (non-hydrogen) atoms. The maximum absolute atomic E-state index is 12.1. The van der Waals surface area contributed by atoms with Crippen LogP contribution in [0.1, 0.15) is 15.9 Å². The van der Waals surface area contributed by atoms with Crippen LogP contribution in [0.2, 0.25) is 0 Å². The molecular weight excluding hydrogens is 222 g/mol. The third kappa shape index (κ3) is 2.93. The molecule has 0 fully saturated rings. The van der Waals surface area contributed by atoms with Gasteiger partial charge in [-0.2, -0.15) is 0 Å². The number of nitrogens with two attached hydrogens (primary N) is 1. The van der Waals surface area contributed by atoms with Gasteiger partial charge in [0.1, 0.15) is 0 Å². The zero-order chi connectivity index (χ0) is 12.8. The maximum Gasteiger partial charge on any atom is 0.186 e. The van der Waals surface area contributed by atoms with E-state index in [0.717, 1.165) is 11.1 Å². The monoisotopic (exact) mass is 237 g/mol. The SMILES string of the molecule is NCC(=CC(=O)c1ccccc1)c1ccccc1. The minimum absolute atomic E-state index is 0.0140. The molecule has 90 valence electrons. The molecule has 0 saturated heterocycles. The molecule has 0 atom stereocenters. The van der Waals surface area contributed by atoms with Gasteiger partial charge in [0, 0.05) is 12.1 Å². The lowest BCUT2D eigenvalue weighted by Gasteiger charge is -2.04. The van der Waals surface area contributed by atoms with E-state index in [-0.39, 0.29) is 5.78 Å². The largest absolute Gasteiger partial charge is 0.326 e. The van der Waals surface area contributed by atoms with E-state index < -0.39 is 0 Å². The first kappa shape index (κ1) is 12.3. The van der Waals surface area contributed by atoms with E-state index in [9.17, 15) is 4.79 Å². The van der Waals surface area contributed by atoms with Gasteiger partial charge in [-0.25, -0.2) is 0 Å². The van der Waals surface area contributed by atoms with Gasteiger partial charge in [0.2, 0.25) is 0 Å². The number of allylic oxidation sites excluding steroid dienone is 1. The summed E-state index contributed by atoms with van der Waals surface area (Å²) < 4.78 is 0. The fraction of sp³-hybridized carbons (Fsp3) is 0.0625. The lowest BCUT2D eigenvalue weighted by Crippen LogP contribution is -2.05. The lowest BCUT2D eigenvalue weighted by molar-refractivity contribution is 0.104. The van der Waals surface area contributed by atoms with E-state index in [0.29, 0.717) is 12.1 Å². The van der Waals surface area contributed by atoms with Gasteiger partial charge in [-0.3, -0.25) is 4.79 Å². The van der Waals surface area contributed by atoms with Crippen molar-refractivity contribution in [3.63, 3.8) is 0 Å². The summed E-state index contributed by atoms with van der Waals surface area (Å²) in [6.45, 7) is 0.350. The Hall–Kier alpha value is -2.19. The predicted molar refractivity (Wildman–Crippen MR) is 74.2 cm³/mol. The van der Waals surface area contributed by atoms with Crippen LogP contribution in [-0.2, 0) is 0 Å². The van der Waals surface area contributed by atoms with Gasteiger partial charge in [-0.15, -0.1) is 0 Å². The van der Waals surface area contributed by atoms with Crippen LogP contribution in [0.3, 0.4) is 0 Å². The molecule has 2 N–H and O–H groups in total. The van der Waals surface area contributed by atoms with E-state index in [1.165, 1.54) is 0 Å². The molecule has 0 aliphatic heterocycles. The predicted octanol–water partition coefficient (Wildman–Crippen LogP) is 2.91. The van der Waals surface area contributed by atoms with Crippen LogP contribution in [0.15, 0.2) is 66.7 Å². The summed E-state index contributed by atoms with van der Waals surface area (Å²) >= 11 is 0. The van der Waals surface area contributed by atoms with E-state index in [1.54, 1.807) is 18.2 Å². The molecule has 0 unspecified atom stereocenters. The average molecular weight is 237 g/mol. The van der Waals surface area contributed by atoms with Crippen LogP contribution in [0, 0.1) is 0 Å². The molecule has 2 aromatic carbocycles. The highest BCUT2D eigenvalue weighted by molar-refractivity contribution is 6.08. The van der Waals surface area contributed by atoms with Gasteiger partial charge in [-0.1, -0.05) is 60.7 Å². The van der Waals surface area contributed by atoms with Gasteiger partial charge >= 0.3 is 0 Å². The van der Waals surface area contributed by atoms with E-state index in [1.807, 2.05) is 48.5 Å². The highest BCUT2D eigenvalue weighted by Gasteiger charge is 2.05. The van der Waals surface area contributed by atoms with E-state index in [4.69, 9.17) is 5.73 Å². The Balaban J connectivity index is 2.29. The summed E-state index contributed by atoms with van der Waals surface area (Å²) in [6.07, 6.45) is 1.62. The van der Waals surface area contributed by atoms with Crippen LogP contribution in [0.4, 0.5) is 0 Å². The van der Waals surface area contributed by atoms with Crippen molar-refractivity contribution >= 4 is 11.4 Å². The van der Waals surface area contributed by atoms with E-state index in [2.05, 4.69) is 0 Å². The molecular formula is C16H15NO. The molecule has 0 spiro atoms. The number of rotatable bonds is 4. The second kappa shape index (κ2) is 5.94. The van der Waals surface area contributed by atoms with Crippen molar-refractivity contribution in [1.82, 2.24) is 0 Å². The Kier molecular flexibility index (Phi) is 4.05. The summed E-state index contributed by atoms with van der Waals surface area (Å²) in [7, 11) is 0. The molecule has 2 heteroatoms. The number of carbonyl (C=O) groups is 1. The standard InChI is InChI=1S/C16H15NO/c17-12-15(13-7-3-1-4-8-13)11-16(18)14-9-5-2-6-10-14/h1-11H,12,17H2. The molecule has 0 aliphatic carbocycles. The van der Waals surface area contributed by atoms with E-state index >= 15 is 0 Å². The zero-order valence-corrected chi connectivity index (χ0v) is 10.0. The number of ketones is 1. The molecule has 0 radical (unpaired) electrons. The quantitative estimate of drug-likeness (QED) is 0.656. The Labute approximate surface area is 107 Å². The molecule has 0 amide bonds. The fourth-order valence-electron chi connectivity index (χ4n) is 1.76. The van der Waals surface area contributed by atoms with Crippen molar-refractivity contribution in [2.45, 2.75) is 0 Å². The molecule has 0 bridgehead atoms. The highest BCUT2D eigenvalue weighted by Crippen LogP contribution is 2.14. The normalized spacial score (nSPS) is 11.3. The first-order valence-corrected chi connectivity index (χ1v) is 5.86. The Morgan fingerprint density at radius 2 is 1.39 bits per heavy atom. The van der Waals surface area contributed by atoms with Gasteiger partial charge in [-0.05, 0) is 17.2 Å². The second-order valence-corrected chi connectivity index (χ2v) is 3.97. The average Bonchev–Trinajstić information content (AvgIpc) is 2.46. The Morgan fingerprint density at radius 3 is 1.89 bits per heavy atom. The molecule has 0 aliphatic rings. The molecule has 2 rings (SSSR count). The van der Waals surface area contributed by atoms with Crippen molar-refractivity contribution < 1.29 is 4.79 Å². The summed E-state index contributed by atoms with van der Waals surface area (Å²) in [5.41, 5.74) is 8.23. The third-order valence-electron chi connectivity index (χ3n) is 2.73. The van der Waals surface area contributed by atoms with Crippen molar-refractivity contribution in [2.75, 3.05) is 6.54 Å². The number of hydrogen-bond donors (Lipinski definition) is 1. The molecule has 0 heterocycles. The van der Waals surface area contributed by atoms with Crippen molar-refractivity contribution in [1.29, 1.82) is 0 Å². The molecule has 2 aromatic rings. The Bertz CT molecular complexity index is 544. The van der Waals surface area contributed by atoms with Gasteiger partial charge in [0.25, 0.3) is 0 Å². The van der Waals surface area contributed by atoms with Crippen molar-refractivity contribution in [3.05, 3.63) is 77.9 Å². The number of hydrogen-bond acceptors (Lipinski definition) is 2. The minimum atomic E-state index is -0.0140. The molecule has 0 saturated carbocycles. The van der Waals surface area contributed by atoms with Crippen molar-refractivity contribution in [3.8, 4) is 0 Å². The molecule has 2 nitrogen and oxygen atoms in total. The van der Waals surface area contributed by atoms with Crippen LogP contribution in [0.25, 0.3) is 5.57 Å². The van der Waals surface area contributed by atoms with Gasteiger partial charge in [0.15, 0.2) is 5.78 Å². The highest BCUT2D eigenvalue weighted by atomic mass is 16.1. The third-order valence-corrected chi connectivity index (χ3v) is 2.73. The summed E-state index contributed by atoms with van der Waals surface area (Å²) in [5.74, 6) is -0.0140.